The molecule has 1 unspecified atom stereocenters. The van der Waals surface area contributed by atoms with Crippen LogP contribution in [0, 0.1) is 11.7 Å². The Kier molecular flexibility index (Phi) is 4.39. The molecule has 2 fully saturated rings. The van der Waals surface area contributed by atoms with Gasteiger partial charge in [0.05, 0.1) is 16.7 Å². The predicted octanol–water partition coefficient (Wildman–Crippen LogP) is 2.92. The first-order valence-corrected chi connectivity index (χ1v) is 10.2. The quantitative estimate of drug-likeness (QED) is 0.658. The monoisotopic (exact) mass is 412 g/mol. The second kappa shape index (κ2) is 7.07. The van der Waals surface area contributed by atoms with Gasteiger partial charge >= 0.3 is 0 Å². The molecule has 2 aliphatic heterocycles. The highest BCUT2D eigenvalue weighted by Gasteiger charge is 2.42. The minimum Gasteiger partial charge on any atom is -0.341 e. The van der Waals surface area contributed by atoms with Crippen LogP contribution in [0.5, 0.6) is 0 Å². The molecule has 9 heteroatoms. The van der Waals surface area contributed by atoms with E-state index in [-0.39, 0.29) is 30.0 Å². The lowest BCUT2D eigenvalue weighted by molar-refractivity contribution is -0.140. The van der Waals surface area contributed by atoms with Gasteiger partial charge in [-0.05, 0) is 35.7 Å². The Hall–Kier alpha value is -3.07. The molecule has 0 bridgehead atoms. The lowest BCUT2D eigenvalue weighted by Gasteiger charge is -2.38. The lowest BCUT2D eigenvalue weighted by Crippen LogP contribution is -2.51. The lowest BCUT2D eigenvalue weighted by atomic mass is 9.96. The molecule has 0 N–H and O–H groups in total. The maximum atomic E-state index is 13.1. The first-order valence-electron chi connectivity index (χ1n) is 9.30. The summed E-state index contributed by atoms with van der Waals surface area (Å²) in [6, 6.07) is 9.60. The van der Waals surface area contributed by atoms with E-state index in [2.05, 4.69) is 10.1 Å². The van der Waals surface area contributed by atoms with E-state index in [9.17, 15) is 14.0 Å². The topological polar surface area (TPSA) is 79.5 Å². The van der Waals surface area contributed by atoms with E-state index in [1.807, 2.05) is 17.5 Å². The molecule has 5 rings (SSSR count). The van der Waals surface area contributed by atoms with Crippen molar-refractivity contribution in [3.63, 3.8) is 0 Å². The van der Waals surface area contributed by atoms with Crippen LogP contribution in [-0.2, 0) is 9.59 Å². The summed E-state index contributed by atoms with van der Waals surface area (Å²) in [5, 5.41) is 5.96. The number of carbonyl (C=O) groups excluding carboxylic acids is 2. The first-order chi connectivity index (χ1) is 14.1. The number of halogens is 1. The number of amides is 2. The maximum absolute atomic E-state index is 13.1. The summed E-state index contributed by atoms with van der Waals surface area (Å²) in [6.45, 7) is 1.33. The molecule has 2 amide bonds. The van der Waals surface area contributed by atoms with Gasteiger partial charge < -0.3 is 14.3 Å². The van der Waals surface area contributed by atoms with E-state index in [4.69, 9.17) is 4.52 Å². The van der Waals surface area contributed by atoms with Crippen LogP contribution in [0.3, 0.4) is 0 Å². The molecular formula is C20H17FN4O3S. The van der Waals surface area contributed by atoms with E-state index >= 15 is 0 Å². The van der Waals surface area contributed by atoms with Crippen LogP contribution in [0.2, 0.25) is 0 Å². The van der Waals surface area contributed by atoms with Crippen molar-refractivity contribution in [3.05, 3.63) is 53.5 Å². The highest BCUT2D eigenvalue weighted by Crippen LogP contribution is 2.32. The molecule has 3 aromatic rings. The number of thiophene rings is 1. The van der Waals surface area contributed by atoms with Crippen molar-refractivity contribution in [3.8, 4) is 10.7 Å². The van der Waals surface area contributed by atoms with Gasteiger partial charge in [0, 0.05) is 31.7 Å². The highest BCUT2D eigenvalue weighted by molar-refractivity contribution is 7.13. The van der Waals surface area contributed by atoms with Crippen molar-refractivity contribution in [2.75, 3.05) is 24.5 Å². The van der Waals surface area contributed by atoms with Crippen molar-refractivity contribution in [1.29, 1.82) is 0 Å². The summed E-state index contributed by atoms with van der Waals surface area (Å²) in [5.74, 6) is 0.206. The van der Waals surface area contributed by atoms with Gasteiger partial charge in [-0.15, -0.1) is 11.3 Å². The number of likely N-dealkylation sites (tertiary alicyclic amines) is 1. The smallest absolute Gasteiger partial charge is 0.233 e. The third kappa shape index (κ3) is 3.31. The SMILES string of the molecule is O=C(C1CC(=O)N(c2ccc(F)cc2)C1)N1CC(c2nc(-c3cccs3)no2)C1. The molecule has 0 aliphatic carbocycles. The van der Waals surface area contributed by atoms with Gasteiger partial charge in [0.25, 0.3) is 0 Å². The number of hydrogen-bond acceptors (Lipinski definition) is 6. The molecule has 0 radical (unpaired) electrons. The van der Waals surface area contributed by atoms with Gasteiger partial charge in [-0.1, -0.05) is 11.2 Å². The second-order valence-electron chi connectivity index (χ2n) is 7.26. The number of anilines is 1. The Bertz CT molecular complexity index is 1040. The van der Waals surface area contributed by atoms with Gasteiger partial charge in [0.15, 0.2) is 0 Å². The molecule has 2 aromatic heterocycles. The number of benzene rings is 1. The van der Waals surface area contributed by atoms with E-state index in [1.165, 1.54) is 12.1 Å². The minimum absolute atomic E-state index is 0.0190. The Labute approximate surface area is 169 Å². The van der Waals surface area contributed by atoms with Crippen molar-refractivity contribution in [1.82, 2.24) is 15.0 Å². The van der Waals surface area contributed by atoms with Crippen molar-refractivity contribution in [2.45, 2.75) is 12.3 Å². The number of nitrogens with zero attached hydrogens (tertiary/aromatic N) is 4. The van der Waals surface area contributed by atoms with E-state index < -0.39 is 5.92 Å². The molecule has 2 aliphatic rings. The molecule has 1 aromatic carbocycles. The van der Waals surface area contributed by atoms with Crippen LogP contribution in [-0.4, -0.2) is 46.5 Å². The minimum atomic E-state index is -0.391. The molecule has 1 atom stereocenters. The summed E-state index contributed by atoms with van der Waals surface area (Å²) in [5.41, 5.74) is 0.611. The first kappa shape index (κ1) is 18.0. The van der Waals surface area contributed by atoms with Gasteiger partial charge in [0.1, 0.15) is 5.82 Å². The summed E-state index contributed by atoms with van der Waals surface area (Å²) in [6.07, 6.45) is 0.167. The van der Waals surface area contributed by atoms with Crippen LogP contribution < -0.4 is 4.90 Å². The van der Waals surface area contributed by atoms with Crippen LogP contribution in [0.4, 0.5) is 10.1 Å². The maximum Gasteiger partial charge on any atom is 0.233 e. The molecule has 2 saturated heterocycles. The van der Waals surface area contributed by atoms with Crippen LogP contribution in [0.1, 0.15) is 18.2 Å². The standard InChI is InChI=1S/C20H17FN4O3S/c21-14-3-5-15(6-4-14)25-11-12(8-17(25)26)20(27)24-9-13(10-24)19-22-18(23-28-19)16-2-1-7-29-16/h1-7,12-13H,8-11H2. The predicted molar refractivity (Wildman–Crippen MR) is 104 cm³/mol. The number of hydrogen-bond donors (Lipinski definition) is 0. The summed E-state index contributed by atoms with van der Waals surface area (Å²) in [4.78, 5) is 33.8. The van der Waals surface area contributed by atoms with E-state index in [0.717, 1.165) is 4.88 Å². The fourth-order valence-electron chi connectivity index (χ4n) is 3.72. The Morgan fingerprint density at radius 3 is 2.69 bits per heavy atom. The summed E-state index contributed by atoms with van der Waals surface area (Å²) >= 11 is 1.54. The zero-order chi connectivity index (χ0) is 20.0. The number of aromatic nitrogens is 2. The molecule has 29 heavy (non-hydrogen) atoms. The van der Waals surface area contributed by atoms with E-state index in [1.54, 1.807) is 33.3 Å². The van der Waals surface area contributed by atoms with Gasteiger partial charge in [0.2, 0.25) is 23.5 Å². The Balaban J connectivity index is 1.20. The summed E-state index contributed by atoms with van der Waals surface area (Å²) in [7, 11) is 0. The average Bonchev–Trinajstić information content (AvgIpc) is 3.41. The molecule has 7 nitrogen and oxygen atoms in total. The van der Waals surface area contributed by atoms with Gasteiger partial charge in [-0.2, -0.15) is 4.98 Å². The largest absolute Gasteiger partial charge is 0.341 e. The van der Waals surface area contributed by atoms with Crippen molar-refractivity contribution in [2.24, 2.45) is 5.92 Å². The molecular weight excluding hydrogens is 395 g/mol. The molecule has 4 heterocycles. The third-order valence-corrected chi connectivity index (χ3v) is 6.20. The fourth-order valence-corrected chi connectivity index (χ4v) is 4.37. The molecule has 0 saturated carbocycles. The Morgan fingerprint density at radius 1 is 1.17 bits per heavy atom. The second-order valence-corrected chi connectivity index (χ2v) is 8.20. The number of carbonyl (C=O) groups is 2. The van der Waals surface area contributed by atoms with Gasteiger partial charge in [-0.3, -0.25) is 9.59 Å². The van der Waals surface area contributed by atoms with Crippen molar-refractivity contribution < 1.29 is 18.5 Å². The molecule has 148 valence electrons. The van der Waals surface area contributed by atoms with Crippen LogP contribution in [0.25, 0.3) is 10.7 Å². The molecule has 0 spiro atoms. The van der Waals surface area contributed by atoms with Crippen LogP contribution in [0.15, 0.2) is 46.3 Å². The van der Waals surface area contributed by atoms with E-state index in [0.29, 0.717) is 37.0 Å². The number of rotatable bonds is 4. The normalized spacial score (nSPS) is 19.6. The average molecular weight is 412 g/mol. The van der Waals surface area contributed by atoms with Crippen LogP contribution >= 0.6 is 11.3 Å². The highest BCUT2D eigenvalue weighted by atomic mass is 32.1. The summed E-state index contributed by atoms with van der Waals surface area (Å²) < 4.78 is 18.5. The Morgan fingerprint density at radius 2 is 1.97 bits per heavy atom. The fraction of sp³-hybridized carbons (Fsp3) is 0.300. The van der Waals surface area contributed by atoms with Crippen molar-refractivity contribution >= 4 is 28.8 Å². The zero-order valence-corrected chi connectivity index (χ0v) is 16.1. The third-order valence-electron chi connectivity index (χ3n) is 5.34. The van der Waals surface area contributed by atoms with Gasteiger partial charge in [-0.25, -0.2) is 4.39 Å². The zero-order valence-electron chi connectivity index (χ0n) is 15.3.